The van der Waals surface area contributed by atoms with Crippen molar-refractivity contribution in [2.45, 2.75) is 155 Å². The molecule has 4 aliphatic carbocycles. The third-order valence-electron chi connectivity index (χ3n) is 19.6. The van der Waals surface area contributed by atoms with Crippen LogP contribution in [0.4, 0.5) is 26.2 Å². The third kappa shape index (κ3) is 19.3. The van der Waals surface area contributed by atoms with E-state index in [-0.39, 0.29) is 103 Å². The van der Waals surface area contributed by atoms with Crippen LogP contribution in [0.1, 0.15) is 148 Å². The van der Waals surface area contributed by atoms with Crippen LogP contribution in [0.15, 0.2) is 85.1 Å². The Kier molecular flexibility index (Phi) is 23.9. The Balaban J connectivity index is 0.753. The number of alkyl halides is 1. The molecule has 4 atom stereocenters. The van der Waals surface area contributed by atoms with Gasteiger partial charge >= 0.3 is 18.1 Å². The number of aromatic nitrogens is 4. The van der Waals surface area contributed by atoms with Gasteiger partial charge in [0.2, 0.25) is 23.6 Å². The number of carboxylic acids is 1. The van der Waals surface area contributed by atoms with Crippen LogP contribution in [0.5, 0.6) is 0 Å². The number of aromatic carboxylic acids is 1. The summed E-state index contributed by atoms with van der Waals surface area (Å²) in [5.74, 6) is -3.73. The molecule has 5 aliphatic rings. The monoisotopic (exact) mass is 1490 g/mol. The van der Waals surface area contributed by atoms with Crippen molar-refractivity contribution in [1.82, 2.24) is 45.9 Å². The van der Waals surface area contributed by atoms with Crippen molar-refractivity contribution < 1.29 is 65.9 Å². The molecule has 0 radical (unpaired) electrons. The van der Waals surface area contributed by atoms with Crippen LogP contribution in [-0.4, -0.2) is 158 Å². The fourth-order valence-electron chi connectivity index (χ4n) is 16.2. The molecule has 11 rings (SSSR count). The minimum Gasteiger partial charge on any atom is -0.476 e. The molecular weight excluding hydrogens is 1400 g/mol. The number of amides is 8. The number of nitrogens with zero attached hydrogens (tertiary/aromatic N) is 6. The summed E-state index contributed by atoms with van der Waals surface area (Å²) >= 11 is 4.50. The van der Waals surface area contributed by atoms with Gasteiger partial charge in [0.1, 0.15) is 24.5 Å². The van der Waals surface area contributed by atoms with E-state index < -0.39 is 63.5 Å². The molecular formula is C71H90BrN13O14S2. The molecule has 30 heteroatoms. The number of unbranched alkanes of at least 4 members (excludes halogenated alkanes) is 2. The number of primary amides is 1. The van der Waals surface area contributed by atoms with Crippen LogP contribution in [0.25, 0.3) is 21.3 Å². The van der Waals surface area contributed by atoms with Crippen molar-refractivity contribution in [1.29, 1.82) is 0 Å². The smallest absolute Gasteiger partial charge is 0.410 e. The molecule has 3 aromatic carbocycles. The van der Waals surface area contributed by atoms with Crippen LogP contribution in [0.2, 0.25) is 0 Å². The van der Waals surface area contributed by atoms with Gasteiger partial charge in [-0.05, 0) is 159 Å². The third-order valence-corrected chi connectivity index (χ3v) is 21.8. The number of urea groups is 1. The Morgan fingerprint density at radius 1 is 0.802 bits per heavy atom. The number of carboxylic acid groups (broad SMARTS) is 1. The number of para-hydroxylation sites is 1. The Morgan fingerprint density at radius 3 is 2.25 bits per heavy atom. The van der Waals surface area contributed by atoms with E-state index in [9.17, 15) is 56.4 Å². The number of ether oxygens (including phenoxy) is 2. The first-order valence-corrected chi connectivity index (χ1v) is 37.7. The van der Waals surface area contributed by atoms with E-state index in [2.05, 4.69) is 66.7 Å². The van der Waals surface area contributed by atoms with Crippen LogP contribution in [-0.2, 0) is 64.9 Å². The summed E-state index contributed by atoms with van der Waals surface area (Å²) in [6.07, 6.45) is 8.88. The number of nitrogens with two attached hydrogens (primary N) is 1. The van der Waals surface area contributed by atoms with Crippen LogP contribution in [0.3, 0.4) is 0 Å². The lowest BCUT2D eigenvalue weighted by Gasteiger charge is -2.69. The summed E-state index contributed by atoms with van der Waals surface area (Å²) in [4.78, 5) is 117. The topological polar surface area (TPSA) is 378 Å². The molecule has 101 heavy (non-hydrogen) atoms. The van der Waals surface area contributed by atoms with Crippen molar-refractivity contribution in [3.63, 3.8) is 0 Å². The zero-order chi connectivity index (χ0) is 72.4. The SMILES string of the molecule is Cc1c(-c2ccc(N3CCc4cccc(C(=O)Nc5nc6ccccc6s5)c4C3)nc2C(=O)O)cnn1CC12CC3(C)CC(C)(C1)CC(OCCN(CCS(=O)(=O)O)C(=O)OCc1ccc(NC(=O)[C@H](CCCNC(N)=O)NC(=O)[C@@H](NC(=O)CCCCCNC(=O)CBr)C(C)C)cc1)(C3)C2. The van der Waals surface area contributed by atoms with Gasteiger partial charge in [0.15, 0.2) is 10.8 Å². The number of rotatable bonds is 33. The summed E-state index contributed by atoms with van der Waals surface area (Å²) in [7, 11) is -4.50. The van der Waals surface area contributed by atoms with Gasteiger partial charge in [-0.25, -0.2) is 24.4 Å². The van der Waals surface area contributed by atoms with Gasteiger partial charge in [-0.2, -0.15) is 13.5 Å². The van der Waals surface area contributed by atoms with Crippen LogP contribution < -0.4 is 42.5 Å². The van der Waals surface area contributed by atoms with E-state index in [4.69, 9.17) is 25.3 Å². The second-order valence-electron chi connectivity index (χ2n) is 28.5. The number of hydrogen-bond donors (Lipinski definition) is 9. The number of halogens is 1. The van der Waals surface area contributed by atoms with Gasteiger partial charge in [0.05, 0.1) is 39.7 Å². The molecule has 0 spiro atoms. The fourth-order valence-corrected chi connectivity index (χ4v) is 17.7. The quantitative estimate of drug-likeness (QED) is 0.0105. The number of hydrogen-bond acceptors (Lipinski definition) is 17. The van der Waals surface area contributed by atoms with Gasteiger partial charge in [-0.1, -0.05) is 97.8 Å². The standard InChI is InChI=1S/C71H90BrN13O14S2/c1-44(2)59(81-57(86)18-7-6-10-26-74-58(87)33-72)63(90)78-54(16-12-27-75-65(73)93)62(89)77-48-21-19-46(20-22-48)36-98-67(94)83(30-32-101(95,96)97)29-31-99-71-40-68(4)37-69(5,41-71)39-70(38-68,42-71)43-85-45(3)51(34-76-85)49-23-24-56(80-60(49)64(91)92)84-28-25-47-13-11-14-50(52(47)35-84)61(88)82-66-79-53-15-8-9-17-55(53)100-66/h8-9,11,13-15,17,19-24,34,44,54,59H,6-7,10,12,16,18,25-33,35-43H2,1-5H3,(H,74,87)(H,77,89)(H,78,90)(H,81,86)(H,91,92)(H3,73,75,93)(H,79,82,88)(H,95,96,97)/t54-,59-,68?,69?,70?,71?/m0/s1. The number of fused-ring (bicyclic) bond motifs is 2. The first kappa shape index (κ1) is 75.1. The van der Waals surface area contributed by atoms with Gasteiger partial charge < -0.3 is 56.7 Å². The second-order valence-corrected chi connectivity index (χ2v) is 31.7. The maximum absolute atomic E-state index is 13.9. The van der Waals surface area contributed by atoms with Crippen molar-refractivity contribution in [2.75, 3.05) is 65.9 Å². The number of nitrogens with one attached hydrogen (secondary N) is 6. The molecule has 2 unspecified atom stereocenters. The minimum atomic E-state index is -4.50. The van der Waals surface area contributed by atoms with Gasteiger partial charge in [0, 0.05) is 80.3 Å². The maximum Gasteiger partial charge on any atom is 0.410 e. The predicted octanol–water partition coefficient (Wildman–Crippen LogP) is 9.12. The molecule has 4 bridgehead atoms. The van der Waals surface area contributed by atoms with Crippen molar-refractivity contribution in [3.8, 4) is 11.1 Å². The zero-order valence-electron chi connectivity index (χ0n) is 57.5. The van der Waals surface area contributed by atoms with E-state index >= 15 is 0 Å². The van der Waals surface area contributed by atoms with Crippen LogP contribution >= 0.6 is 27.3 Å². The fraction of sp³-hybridized carbons (Fsp3) is 0.507. The normalized spacial score (nSPS) is 20.3. The van der Waals surface area contributed by atoms with Gasteiger partial charge in [-0.15, -0.1) is 0 Å². The Labute approximate surface area is 599 Å². The number of anilines is 3. The molecule has 6 aromatic rings. The maximum atomic E-state index is 13.9. The van der Waals surface area contributed by atoms with Crippen molar-refractivity contribution in [2.24, 2.45) is 27.9 Å². The lowest BCUT2D eigenvalue weighted by atomic mass is 9.39. The molecule has 4 heterocycles. The number of thiazole rings is 1. The average Bonchev–Trinajstić information content (AvgIpc) is 0.834. The summed E-state index contributed by atoms with van der Waals surface area (Å²) in [6, 6.07) is 20.5. The summed E-state index contributed by atoms with van der Waals surface area (Å²) in [5.41, 5.74) is 9.89. The van der Waals surface area contributed by atoms with E-state index in [1.54, 1.807) is 56.4 Å². The lowest BCUT2D eigenvalue weighted by Crippen LogP contribution is -2.64. The largest absolute Gasteiger partial charge is 0.476 e. The minimum absolute atomic E-state index is 0.0342. The molecule has 4 saturated carbocycles. The Morgan fingerprint density at radius 2 is 1.54 bits per heavy atom. The summed E-state index contributed by atoms with van der Waals surface area (Å²) in [6.45, 7) is 11.4. The van der Waals surface area contributed by atoms with Gasteiger partial charge in [-0.3, -0.25) is 38.5 Å². The first-order valence-electron chi connectivity index (χ1n) is 34.2. The summed E-state index contributed by atoms with van der Waals surface area (Å²) < 4.78 is 49.7. The highest BCUT2D eigenvalue weighted by Crippen LogP contribution is 2.72. The zero-order valence-corrected chi connectivity index (χ0v) is 60.8. The number of carbonyl (C=O) groups excluding carboxylic acids is 7. The molecule has 27 nitrogen and oxygen atoms in total. The molecule has 10 N–H and O–H groups in total. The number of carbonyl (C=O) groups is 8. The number of pyridine rings is 1. The predicted molar refractivity (Wildman–Crippen MR) is 385 cm³/mol. The highest BCUT2D eigenvalue weighted by atomic mass is 79.9. The highest BCUT2D eigenvalue weighted by Gasteiger charge is 2.66. The molecule has 4 fully saturated rings. The average molecular weight is 1490 g/mol. The number of benzene rings is 3. The molecule has 0 saturated heterocycles. The first-order chi connectivity index (χ1) is 48.0. The molecule has 542 valence electrons. The van der Waals surface area contributed by atoms with Crippen molar-refractivity contribution in [3.05, 3.63) is 119 Å². The van der Waals surface area contributed by atoms with Crippen molar-refractivity contribution >= 4 is 112 Å². The van der Waals surface area contributed by atoms with E-state index in [0.29, 0.717) is 97.2 Å². The van der Waals surface area contributed by atoms with E-state index in [1.807, 2.05) is 59.0 Å². The Hall–Kier alpha value is -8.58. The van der Waals surface area contributed by atoms with Gasteiger partial charge in [0.25, 0.3) is 16.0 Å². The highest BCUT2D eigenvalue weighted by molar-refractivity contribution is 9.09. The molecule has 1 aliphatic heterocycles. The Bertz CT molecular complexity index is 4140. The summed E-state index contributed by atoms with van der Waals surface area (Å²) in [5, 5.41) is 33.0. The van der Waals surface area contributed by atoms with E-state index in [0.717, 1.165) is 59.1 Å². The lowest BCUT2D eigenvalue weighted by molar-refractivity contribution is -0.248. The van der Waals surface area contributed by atoms with Crippen LogP contribution in [0, 0.1) is 29.1 Å². The molecule has 3 aromatic heterocycles. The van der Waals surface area contributed by atoms with E-state index in [1.165, 1.54) is 16.2 Å². The molecule has 8 amide bonds. The second kappa shape index (κ2) is 32.2.